The number of anilines is 1. The Labute approximate surface area is 123 Å². The molecule has 0 unspecified atom stereocenters. The second kappa shape index (κ2) is 5.58. The molecule has 5 heteroatoms. The van der Waals surface area contributed by atoms with Gasteiger partial charge in [-0.2, -0.15) is 0 Å². The molecule has 1 saturated heterocycles. The zero-order valence-electron chi connectivity index (χ0n) is 12.3. The molecule has 1 fully saturated rings. The van der Waals surface area contributed by atoms with E-state index < -0.39 is 11.7 Å². The van der Waals surface area contributed by atoms with Crippen LogP contribution in [0.1, 0.15) is 34.3 Å². The second-order valence-electron chi connectivity index (χ2n) is 5.58. The summed E-state index contributed by atoms with van der Waals surface area (Å²) in [5.41, 5.74) is 3.21. The lowest BCUT2D eigenvalue weighted by Gasteiger charge is -2.26. The molecule has 0 bridgehead atoms. The summed E-state index contributed by atoms with van der Waals surface area (Å²) in [6, 6.07) is 3.78. The molecule has 1 amide bonds. The van der Waals surface area contributed by atoms with Crippen molar-refractivity contribution in [1.29, 1.82) is 0 Å². The zero-order chi connectivity index (χ0) is 15.0. The predicted molar refractivity (Wildman–Crippen MR) is 77.5 cm³/mol. The van der Waals surface area contributed by atoms with E-state index in [9.17, 15) is 9.59 Å². The third-order valence-corrected chi connectivity index (χ3v) is 3.88. The highest BCUT2D eigenvalue weighted by atomic mass is 16.7. The first kappa shape index (κ1) is 14.2. The summed E-state index contributed by atoms with van der Waals surface area (Å²) in [7, 11) is 0. The molecule has 0 radical (unpaired) electrons. The smallest absolute Gasteiger partial charge is 0.299 e. The van der Waals surface area contributed by atoms with Gasteiger partial charge in [-0.3, -0.25) is 9.59 Å². The molecule has 1 aromatic rings. The van der Waals surface area contributed by atoms with Gasteiger partial charge in [0.2, 0.25) is 0 Å². The average Bonchev–Trinajstić information content (AvgIpc) is 2.71. The maximum Gasteiger partial charge on any atom is 0.299 e. The summed E-state index contributed by atoms with van der Waals surface area (Å²) in [5.74, 6) is -0.864. The van der Waals surface area contributed by atoms with E-state index in [1.165, 1.54) is 0 Å². The number of Topliss-reactive ketones (excluding diaryl/α,β-unsaturated/α-hetero) is 1. The van der Waals surface area contributed by atoms with E-state index in [0.717, 1.165) is 23.2 Å². The van der Waals surface area contributed by atoms with Crippen LogP contribution in [0.15, 0.2) is 12.1 Å². The number of hydrogen-bond acceptors (Lipinski definition) is 4. The monoisotopic (exact) mass is 289 g/mol. The molecule has 0 saturated carbocycles. The minimum absolute atomic E-state index is 0.281. The fraction of sp³-hybridized carbons (Fsp3) is 0.500. The first-order valence-electron chi connectivity index (χ1n) is 7.28. The van der Waals surface area contributed by atoms with Gasteiger partial charge in [-0.15, -0.1) is 0 Å². The lowest BCUT2D eigenvalue weighted by atomic mass is 10.0. The molecular formula is C16H19NO4. The quantitative estimate of drug-likeness (QED) is 0.799. The van der Waals surface area contributed by atoms with Crippen LogP contribution >= 0.6 is 0 Å². The van der Waals surface area contributed by atoms with Gasteiger partial charge in [0.25, 0.3) is 11.7 Å². The molecule has 0 aromatic heterocycles. The standard InChI is InChI=1S/C16H19NO4/c1-10-8-11(2)14-12(9-10)15(18)16(19)17(14)5-4-13-20-6-3-7-21-13/h8-9,13H,3-7H2,1-2H3. The van der Waals surface area contributed by atoms with E-state index in [1.807, 2.05) is 19.9 Å². The molecule has 0 aliphatic carbocycles. The summed E-state index contributed by atoms with van der Waals surface area (Å²) >= 11 is 0. The van der Waals surface area contributed by atoms with Crippen molar-refractivity contribution in [2.45, 2.75) is 33.0 Å². The zero-order valence-corrected chi connectivity index (χ0v) is 12.3. The number of ether oxygens (including phenoxy) is 2. The number of nitrogens with zero attached hydrogens (tertiary/aromatic N) is 1. The van der Waals surface area contributed by atoms with Crippen molar-refractivity contribution in [3.8, 4) is 0 Å². The number of aryl methyl sites for hydroxylation is 2. The highest BCUT2D eigenvalue weighted by molar-refractivity contribution is 6.52. The summed E-state index contributed by atoms with van der Waals surface area (Å²) in [6.45, 7) is 5.67. The van der Waals surface area contributed by atoms with Crippen molar-refractivity contribution in [3.05, 3.63) is 28.8 Å². The van der Waals surface area contributed by atoms with Gasteiger partial charge in [-0.1, -0.05) is 6.07 Å². The van der Waals surface area contributed by atoms with E-state index in [4.69, 9.17) is 9.47 Å². The molecule has 0 spiro atoms. The van der Waals surface area contributed by atoms with Gasteiger partial charge in [0, 0.05) is 13.0 Å². The van der Waals surface area contributed by atoms with Crippen LogP contribution < -0.4 is 4.90 Å². The summed E-state index contributed by atoms with van der Waals surface area (Å²) in [5, 5.41) is 0. The lowest BCUT2D eigenvalue weighted by molar-refractivity contribution is -0.179. The van der Waals surface area contributed by atoms with Crippen molar-refractivity contribution in [3.63, 3.8) is 0 Å². The maximum absolute atomic E-state index is 12.2. The van der Waals surface area contributed by atoms with Crippen LogP contribution in [-0.4, -0.2) is 37.7 Å². The third kappa shape index (κ3) is 2.59. The van der Waals surface area contributed by atoms with Crippen LogP contribution in [0.3, 0.4) is 0 Å². The van der Waals surface area contributed by atoms with Gasteiger partial charge < -0.3 is 14.4 Å². The summed E-state index contributed by atoms with van der Waals surface area (Å²) in [6.07, 6.45) is 1.20. The maximum atomic E-state index is 12.2. The number of hydrogen-bond donors (Lipinski definition) is 0. The van der Waals surface area contributed by atoms with Crippen molar-refractivity contribution in [2.24, 2.45) is 0 Å². The van der Waals surface area contributed by atoms with E-state index in [1.54, 1.807) is 11.0 Å². The number of amides is 1. The second-order valence-corrected chi connectivity index (χ2v) is 5.58. The number of ketones is 1. The molecule has 2 heterocycles. The van der Waals surface area contributed by atoms with Crippen molar-refractivity contribution >= 4 is 17.4 Å². The Bertz CT molecular complexity index is 590. The van der Waals surface area contributed by atoms with Gasteiger partial charge in [-0.05, 0) is 37.5 Å². The minimum Gasteiger partial charge on any atom is -0.353 e. The van der Waals surface area contributed by atoms with Gasteiger partial charge in [-0.25, -0.2) is 0 Å². The van der Waals surface area contributed by atoms with E-state index in [0.29, 0.717) is 31.7 Å². The summed E-state index contributed by atoms with van der Waals surface area (Å²) < 4.78 is 11.0. The van der Waals surface area contributed by atoms with Gasteiger partial charge in [0.15, 0.2) is 6.29 Å². The Balaban J connectivity index is 1.80. The SMILES string of the molecule is Cc1cc(C)c2c(c1)C(=O)C(=O)N2CCC1OCCCO1. The van der Waals surface area contributed by atoms with Crippen molar-refractivity contribution in [1.82, 2.24) is 0 Å². The fourth-order valence-electron chi connectivity index (χ4n) is 2.98. The van der Waals surface area contributed by atoms with Crippen molar-refractivity contribution < 1.29 is 19.1 Å². The van der Waals surface area contributed by atoms with Crippen LogP contribution in [-0.2, 0) is 14.3 Å². The predicted octanol–water partition coefficient (Wildman–Crippen LogP) is 1.99. The number of carbonyl (C=O) groups excluding carboxylic acids is 2. The van der Waals surface area contributed by atoms with Crippen LogP contribution in [0, 0.1) is 13.8 Å². The van der Waals surface area contributed by atoms with Crippen LogP contribution in [0.5, 0.6) is 0 Å². The first-order chi connectivity index (χ1) is 10.1. The Morgan fingerprint density at radius 1 is 1.19 bits per heavy atom. The third-order valence-electron chi connectivity index (χ3n) is 3.88. The number of benzene rings is 1. The number of fused-ring (bicyclic) bond motifs is 1. The summed E-state index contributed by atoms with van der Waals surface area (Å²) in [4.78, 5) is 25.9. The Morgan fingerprint density at radius 3 is 2.62 bits per heavy atom. The molecule has 2 aliphatic heterocycles. The largest absolute Gasteiger partial charge is 0.353 e. The van der Waals surface area contributed by atoms with Gasteiger partial charge in [0.1, 0.15) is 0 Å². The molecule has 0 atom stereocenters. The first-order valence-corrected chi connectivity index (χ1v) is 7.28. The van der Waals surface area contributed by atoms with Crippen LogP contribution in [0.2, 0.25) is 0 Å². The Hall–Kier alpha value is -1.72. The topological polar surface area (TPSA) is 55.8 Å². The number of rotatable bonds is 3. The molecule has 21 heavy (non-hydrogen) atoms. The highest BCUT2D eigenvalue weighted by Gasteiger charge is 2.37. The average molecular weight is 289 g/mol. The molecular weight excluding hydrogens is 270 g/mol. The van der Waals surface area contributed by atoms with Crippen LogP contribution in [0.4, 0.5) is 5.69 Å². The molecule has 112 valence electrons. The van der Waals surface area contributed by atoms with Crippen molar-refractivity contribution in [2.75, 3.05) is 24.7 Å². The van der Waals surface area contributed by atoms with Gasteiger partial charge >= 0.3 is 0 Å². The normalized spacial score (nSPS) is 19.2. The lowest BCUT2D eigenvalue weighted by Crippen LogP contribution is -2.35. The van der Waals surface area contributed by atoms with Crippen LogP contribution in [0.25, 0.3) is 0 Å². The van der Waals surface area contributed by atoms with Gasteiger partial charge in [0.05, 0.1) is 24.5 Å². The molecule has 0 N–H and O–H groups in total. The minimum atomic E-state index is -0.450. The molecule has 2 aliphatic rings. The fourth-order valence-corrected chi connectivity index (χ4v) is 2.98. The molecule has 3 rings (SSSR count). The van der Waals surface area contributed by atoms with E-state index in [2.05, 4.69) is 0 Å². The Morgan fingerprint density at radius 2 is 1.90 bits per heavy atom. The number of carbonyl (C=O) groups is 2. The molecule has 5 nitrogen and oxygen atoms in total. The highest BCUT2D eigenvalue weighted by Crippen LogP contribution is 2.33. The van der Waals surface area contributed by atoms with E-state index in [-0.39, 0.29) is 6.29 Å². The molecule has 1 aromatic carbocycles. The van der Waals surface area contributed by atoms with E-state index >= 15 is 0 Å². The Kier molecular flexibility index (Phi) is 3.78.